The highest BCUT2D eigenvalue weighted by molar-refractivity contribution is 5.95. The monoisotopic (exact) mass is 444 g/mol. The summed E-state index contributed by atoms with van der Waals surface area (Å²) in [6, 6.07) is 6.77. The van der Waals surface area contributed by atoms with E-state index in [-0.39, 0.29) is 24.1 Å². The van der Waals surface area contributed by atoms with E-state index in [1.165, 1.54) is 0 Å². The Balaban J connectivity index is 1.88. The van der Waals surface area contributed by atoms with Crippen molar-refractivity contribution in [2.75, 3.05) is 13.2 Å². The Kier molecular flexibility index (Phi) is 9.84. The number of nitrogens with one attached hydrogen (secondary N) is 2. The van der Waals surface area contributed by atoms with Gasteiger partial charge in [0.25, 0.3) is 11.5 Å². The van der Waals surface area contributed by atoms with Crippen molar-refractivity contribution in [3.05, 3.63) is 40.3 Å². The van der Waals surface area contributed by atoms with Crippen molar-refractivity contribution < 1.29 is 19.1 Å². The second-order valence-corrected chi connectivity index (χ2v) is 8.00. The summed E-state index contributed by atoms with van der Waals surface area (Å²) in [6.07, 6.45) is 2.60. The lowest BCUT2D eigenvalue weighted by molar-refractivity contribution is -0.148. The molecule has 174 valence electrons. The number of hydrogen-bond acceptors (Lipinski definition) is 6. The molecule has 0 saturated heterocycles. The number of aryl methyl sites for hydroxylation is 2. The fraction of sp³-hybridized carbons (Fsp3) is 0.522. The Morgan fingerprint density at radius 2 is 1.94 bits per heavy atom. The summed E-state index contributed by atoms with van der Waals surface area (Å²) in [5.74, 6) is -0.930. The molecular weight excluding hydrogens is 412 g/mol. The molecule has 32 heavy (non-hydrogen) atoms. The average molecular weight is 445 g/mol. The predicted octanol–water partition coefficient (Wildman–Crippen LogP) is 2.54. The largest absolute Gasteiger partial charge is 0.456 e. The van der Waals surface area contributed by atoms with E-state index in [2.05, 4.69) is 22.5 Å². The van der Waals surface area contributed by atoms with Crippen LogP contribution in [0.4, 0.5) is 4.79 Å². The molecule has 0 radical (unpaired) electrons. The number of nitrogens with zero attached hydrogens (tertiary/aromatic N) is 2. The molecular formula is C23H32N4O5. The van der Waals surface area contributed by atoms with Crippen LogP contribution < -0.4 is 16.2 Å². The number of unbranched alkanes of at least 4 members (excludes halogenated alkanes) is 1. The Hall–Kier alpha value is -3.23. The molecule has 0 bridgehead atoms. The Morgan fingerprint density at radius 1 is 1.19 bits per heavy atom. The number of urea groups is 1. The van der Waals surface area contributed by atoms with Crippen LogP contribution in [0, 0.1) is 5.92 Å². The first-order valence-electron chi connectivity index (χ1n) is 11.0. The first-order valence-corrected chi connectivity index (χ1v) is 11.0. The number of hydrogen-bond donors (Lipinski definition) is 2. The molecule has 0 fully saturated rings. The van der Waals surface area contributed by atoms with Crippen LogP contribution in [-0.4, -0.2) is 40.6 Å². The number of carbonyl (C=O) groups is 3. The summed E-state index contributed by atoms with van der Waals surface area (Å²) in [7, 11) is 0. The minimum absolute atomic E-state index is 0.0950. The molecule has 3 amide bonds. The average Bonchev–Trinajstić information content (AvgIpc) is 2.75. The van der Waals surface area contributed by atoms with Crippen LogP contribution in [0.15, 0.2) is 29.1 Å². The second-order valence-electron chi connectivity index (χ2n) is 8.00. The van der Waals surface area contributed by atoms with E-state index in [9.17, 15) is 19.2 Å². The van der Waals surface area contributed by atoms with Gasteiger partial charge >= 0.3 is 12.0 Å². The summed E-state index contributed by atoms with van der Waals surface area (Å²) >= 11 is 0. The van der Waals surface area contributed by atoms with Gasteiger partial charge in [0.15, 0.2) is 6.61 Å². The molecule has 0 aliphatic heterocycles. The van der Waals surface area contributed by atoms with Crippen molar-refractivity contribution in [3.63, 3.8) is 0 Å². The number of fused-ring (bicyclic) bond motifs is 1. The van der Waals surface area contributed by atoms with Gasteiger partial charge in [-0.25, -0.2) is 9.78 Å². The van der Waals surface area contributed by atoms with Crippen molar-refractivity contribution in [3.8, 4) is 0 Å². The summed E-state index contributed by atoms with van der Waals surface area (Å²) in [5, 5.41) is 4.67. The number of benzene rings is 1. The van der Waals surface area contributed by atoms with Crippen LogP contribution in [0.1, 0.15) is 52.1 Å². The molecule has 0 aliphatic carbocycles. The molecule has 2 N–H and O–H groups in total. The van der Waals surface area contributed by atoms with Gasteiger partial charge in [0, 0.05) is 19.5 Å². The zero-order chi connectivity index (χ0) is 23.5. The maximum atomic E-state index is 12.9. The quantitative estimate of drug-likeness (QED) is 0.514. The zero-order valence-corrected chi connectivity index (χ0v) is 19.0. The second kappa shape index (κ2) is 12.6. The fourth-order valence-corrected chi connectivity index (χ4v) is 3.07. The molecule has 1 aromatic carbocycles. The van der Waals surface area contributed by atoms with E-state index in [4.69, 9.17) is 4.74 Å². The number of esters is 1. The number of carbonyl (C=O) groups excluding carboxylic acids is 3. The minimum atomic E-state index is -0.717. The van der Waals surface area contributed by atoms with Gasteiger partial charge in [0.05, 0.1) is 17.5 Å². The Morgan fingerprint density at radius 3 is 2.66 bits per heavy atom. The third kappa shape index (κ3) is 7.79. The highest BCUT2D eigenvalue weighted by atomic mass is 16.5. The van der Waals surface area contributed by atoms with Crippen LogP contribution in [-0.2, 0) is 27.3 Å². The fourth-order valence-electron chi connectivity index (χ4n) is 3.07. The lowest BCUT2D eigenvalue weighted by atomic mass is 10.1. The molecule has 0 aliphatic rings. The highest BCUT2D eigenvalue weighted by Crippen LogP contribution is 2.12. The maximum Gasteiger partial charge on any atom is 0.321 e. The van der Waals surface area contributed by atoms with Gasteiger partial charge in [-0.2, -0.15) is 0 Å². The summed E-state index contributed by atoms with van der Waals surface area (Å²) in [4.78, 5) is 52.7. The highest BCUT2D eigenvalue weighted by Gasteiger charge is 2.15. The van der Waals surface area contributed by atoms with Crippen molar-refractivity contribution in [1.29, 1.82) is 0 Å². The molecule has 0 unspecified atom stereocenters. The van der Waals surface area contributed by atoms with E-state index in [1.54, 1.807) is 4.57 Å². The minimum Gasteiger partial charge on any atom is -0.456 e. The van der Waals surface area contributed by atoms with Crippen LogP contribution in [0.2, 0.25) is 0 Å². The Bertz CT molecular complexity index is 1000. The van der Waals surface area contributed by atoms with Crippen LogP contribution >= 0.6 is 0 Å². The topological polar surface area (TPSA) is 119 Å². The van der Waals surface area contributed by atoms with Crippen LogP contribution in [0.25, 0.3) is 11.0 Å². The summed E-state index contributed by atoms with van der Waals surface area (Å²) in [6.45, 7) is 6.57. The molecule has 1 aromatic heterocycles. The van der Waals surface area contributed by atoms with Crippen LogP contribution in [0.5, 0.6) is 0 Å². The van der Waals surface area contributed by atoms with E-state index >= 15 is 0 Å². The van der Waals surface area contributed by atoms with Crippen molar-refractivity contribution >= 4 is 28.9 Å². The molecule has 9 heteroatoms. The number of aromatic nitrogens is 2. The molecule has 0 saturated carbocycles. The van der Waals surface area contributed by atoms with Crippen LogP contribution in [0.3, 0.4) is 0 Å². The smallest absolute Gasteiger partial charge is 0.321 e. The number of rotatable bonds is 11. The molecule has 9 nitrogen and oxygen atoms in total. The number of amides is 3. The maximum absolute atomic E-state index is 12.9. The number of ether oxygens (including phenoxy) is 1. The van der Waals surface area contributed by atoms with Gasteiger partial charge in [0.2, 0.25) is 0 Å². The van der Waals surface area contributed by atoms with E-state index in [0.29, 0.717) is 24.5 Å². The molecule has 2 aromatic rings. The zero-order valence-electron chi connectivity index (χ0n) is 19.0. The van der Waals surface area contributed by atoms with Crippen molar-refractivity contribution in [2.24, 2.45) is 5.92 Å². The van der Waals surface area contributed by atoms with E-state index in [1.807, 2.05) is 38.1 Å². The number of imide groups is 1. The SMILES string of the molecule is CCCCn1c(=O)c(CCC(=O)OCC(=O)NC(=O)NCCC(C)C)nc2ccccc21. The third-order valence-electron chi connectivity index (χ3n) is 4.85. The summed E-state index contributed by atoms with van der Waals surface area (Å²) in [5.41, 5.74) is 1.52. The van der Waals surface area contributed by atoms with Gasteiger partial charge in [0.1, 0.15) is 5.69 Å². The lowest BCUT2D eigenvalue weighted by Gasteiger charge is -2.12. The molecule has 1 heterocycles. The Labute approximate surface area is 187 Å². The lowest BCUT2D eigenvalue weighted by Crippen LogP contribution is -2.42. The molecule has 0 atom stereocenters. The van der Waals surface area contributed by atoms with Gasteiger partial charge in [-0.3, -0.25) is 19.7 Å². The predicted molar refractivity (Wildman–Crippen MR) is 121 cm³/mol. The first-order chi connectivity index (χ1) is 15.3. The van der Waals surface area contributed by atoms with Gasteiger partial charge in [-0.15, -0.1) is 0 Å². The third-order valence-corrected chi connectivity index (χ3v) is 4.85. The first kappa shape index (κ1) is 25.0. The van der Waals surface area contributed by atoms with Gasteiger partial charge in [-0.1, -0.05) is 39.3 Å². The normalized spacial score (nSPS) is 10.9. The van der Waals surface area contributed by atoms with Crippen molar-refractivity contribution in [1.82, 2.24) is 20.2 Å². The standard InChI is InChI=1S/C23H32N4O5/c1-4-5-14-27-19-9-7-6-8-17(19)25-18(22(27)30)10-11-21(29)32-15-20(28)26-23(31)24-13-12-16(2)3/h6-9,16H,4-5,10-15H2,1-3H3,(H2,24,26,28,31). The van der Waals surface area contributed by atoms with Gasteiger partial charge in [-0.05, 0) is 30.9 Å². The summed E-state index contributed by atoms with van der Waals surface area (Å²) < 4.78 is 6.62. The number of para-hydroxylation sites is 2. The molecule has 2 rings (SSSR count). The van der Waals surface area contributed by atoms with Gasteiger partial charge < -0.3 is 14.6 Å². The van der Waals surface area contributed by atoms with Crippen molar-refractivity contribution in [2.45, 2.75) is 59.4 Å². The van der Waals surface area contributed by atoms with E-state index < -0.39 is 24.5 Å². The molecule has 0 spiro atoms. The van der Waals surface area contributed by atoms with E-state index in [0.717, 1.165) is 24.8 Å².